The van der Waals surface area contributed by atoms with Crippen LogP contribution in [-0.4, -0.2) is 22.3 Å². The summed E-state index contributed by atoms with van der Waals surface area (Å²) in [7, 11) is 0. The van der Waals surface area contributed by atoms with E-state index in [-0.39, 0.29) is 6.42 Å². The molecule has 0 rings (SSSR count). The topological polar surface area (TPSA) is 57.5 Å². The molecule has 0 fully saturated rings. The zero-order chi connectivity index (χ0) is 18.0. The largest absolute Gasteiger partial charge is 0.481 e. The Morgan fingerprint density at radius 2 is 1.12 bits per heavy atom. The molecule has 0 spiro atoms. The van der Waals surface area contributed by atoms with Gasteiger partial charge in [-0.25, -0.2) is 0 Å². The number of rotatable bonds is 18. The third kappa shape index (κ3) is 17.8. The molecule has 3 heteroatoms. The number of unbranched alkanes of at least 4 members (excludes halogenated alkanes) is 11. The predicted octanol–water partition coefficient (Wildman–Crippen LogP) is 6.33. The van der Waals surface area contributed by atoms with E-state index >= 15 is 0 Å². The average Bonchev–Trinajstić information content (AvgIpc) is 2.54. The highest BCUT2D eigenvalue weighted by atomic mass is 16.4. The summed E-state index contributed by atoms with van der Waals surface area (Å²) in [6.45, 7) is 4.64. The Balaban J connectivity index is 3.11. The minimum atomic E-state index is -0.905. The van der Waals surface area contributed by atoms with Gasteiger partial charge in [0.15, 0.2) is 0 Å². The SMILES string of the molecule is CCC(C)CCCCCCCCCCCCCCC(O)CC(=O)O. The monoisotopic (exact) mass is 342 g/mol. The van der Waals surface area contributed by atoms with Crippen LogP contribution in [0.15, 0.2) is 0 Å². The van der Waals surface area contributed by atoms with E-state index in [1.807, 2.05) is 0 Å². The highest BCUT2D eigenvalue weighted by molar-refractivity contribution is 5.67. The number of aliphatic hydroxyl groups excluding tert-OH is 1. The van der Waals surface area contributed by atoms with Gasteiger partial charge in [0, 0.05) is 0 Å². The van der Waals surface area contributed by atoms with Crippen LogP contribution in [0.1, 0.15) is 117 Å². The van der Waals surface area contributed by atoms with Gasteiger partial charge in [0.05, 0.1) is 12.5 Å². The molecule has 0 heterocycles. The number of hydrogen-bond acceptors (Lipinski definition) is 2. The highest BCUT2D eigenvalue weighted by Crippen LogP contribution is 2.16. The summed E-state index contributed by atoms with van der Waals surface area (Å²) in [6.07, 6.45) is 18.2. The molecular weight excluding hydrogens is 300 g/mol. The first-order chi connectivity index (χ1) is 11.6. The zero-order valence-electron chi connectivity index (χ0n) is 16.3. The molecule has 0 saturated heterocycles. The molecule has 2 unspecified atom stereocenters. The molecule has 2 atom stereocenters. The van der Waals surface area contributed by atoms with E-state index in [4.69, 9.17) is 5.11 Å². The summed E-state index contributed by atoms with van der Waals surface area (Å²) in [5.74, 6) is 0.00320. The molecule has 0 saturated carbocycles. The summed E-state index contributed by atoms with van der Waals surface area (Å²) in [5.41, 5.74) is 0. The van der Waals surface area contributed by atoms with E-state index < -0.39 is 12.1 Å². The van der Waals surface area contributed by atoms with E-state index in [9.17, 15) is 9.90 Å². The summed E-state index contributed by atoms with van der Waals surface area (Å²) < 4.78 is 0. The number of carboxylic acids is 1. The van der Waals surface area contributed by atoms with Crippen LogP contribution in [0, 0.1) is 5.92 Å². The van der Waals surface area contributed by atoms with Crippen LogP contribution in [0.2, 0.25) is 0 Å². The fourth-order valence-corrected chi connectivity index (χ4v) is 3.15. The van der Waals surface area contributed by atoms with Crippen molar-refractivity contribution in [2.24, 2.45) is 5.92 Å². The maximum absolute atomic E-state index is 10.4. The first-order valence-corrected chi connectivity index (χ1v) is 10.5. The maximum atomic E-state index is 10.4. The number of hydrogen-bond donors (Lipinski definition) is 2. The van der Waals surface area contributed by atoms with Crippen molar-refractivity contribution in [2.45, 2.75) is 123 Å². The van der Waals surface area contributed by atoms with Crippen molar-refractivity contribution in [3.05, 3.63) is 0 Å². The van der Waals surface area contributed by atoms with Crippen LogP contribution in [0.4, 0.5) is 0 Å². The molecule has 2 N–H and O–H groups in total. The Morgan fingerprint density at radius 1 is 0.750 bits per heavy atom. The third-order valence-electron chi connectivity index (χ3n) is 5.09. The van der Waals surface area contributed by atoms with Crippen LogP contribution >= 0.6 is 0 Å². The predicted molar refractivity (Wildman–Crippen MR) is 102 cm³/mol. The lowest BCUT2D eigenvalue weighted by atomic mass is 9.99. The average molecular weight is 343 g/mol. The molecule has 0 bridgehead atoms. The fraction of sp³-hybridized carbons (Fsp3) is 0.952. The Labute approximate surface area is 150 Å². The lowest BCUT2D eigenvalue weighted by Crippen LogP contribution is -2.12. The highest BCUT2D eigenvalue weighted by Gasteiger charge is 2.08. The van der Waals surface area contributed by atoms with E-state index in [0.717, 1.165) is 18.8 Å². The van der Waals surface area contributed by atoms with Gasteiger partial charge in [-0.1, -0.05) is 104 Å². The van der Waals surface area contributed by atoms with Gasteiger partial charge in [-0.15, -0.1) is 0 Å². The van der Waals surface area contributed by atoms with Crippen LogP contribution in [0.3, 0.4) is 0 Å². The van der Waals surface area contributed by atoms with Gasteiger partial charge in [0.2, 0.25) is 0 Å². The molecule has 144 valence electrons. The lowest BCUT2D eigenvalue weighted by molar-refractivity contribution is -0.139. The minimum Gasteiger partial charge on any atom is -0.481 e. The Morgan fingerprint density at radius 3 is 1.50 bits per heavy atom. The minimum absolute atomic E-state index is 0.113. The Hall–Kier alpha value is -0.570. The quantitative estimate of drug-likeness (QED) is 0.286. The van der Waals surface area contributed by atoms with E-state index in [1.165, 1.54) is 77.0 Å². The molecule has 0 aliphatic heterocycles. The number of aliphatic hydroxyl groups is 1. The number of aliphatic carboxylic acids is 1. The maximum Gasteiger partial charge on any atom is 0.305 e. The van der Waals surface area contributed by atoms with Gasteiger partial charge in [-0.05, 0) is 12.3 Å². The Kier molecular flexibility index (Phi) is 16.8. The van der Waals surface area contributed by atoms with Gasteiger partial charge in [-0.3, -0.25) is 4.79 Å². The van der Waals surface area contributed by atoms with Crippen LogP contribution < -0.4 is 0 Å². The number of carboxylic acid groups (broad SMARTS) is 1. The molecule has 0 aromatic carbocycles. The van der Waals surface area contributed by atoms with Crippen molar-refractivity contribution in [3.63, 3.8) is 0 Å². The van der Waals surface area contributed by atoms with Crippen molar-refractivity contribution >= 4 is 5.97 Å². The summed E-state index contributed by atoms with van der Waals surface area (Å²) >= 11 is 0. The second kappa shape index (κ2) is 17.3. The molecule has 0 aliphatic rings. The molecule has 0 aromatic heterocycles. The first-order valence-electron chi connectivity index (χ1n) is 10.5. The number of carbonyl (C=O) groups is 1. The molecule has 0 aliphatic carbocycles. The second-order valence-corrected chi connectivity index (χ2v) is 7.59. The molecule has 0 amide bonds. The molecular formula is C21H42O3. The smallest absolute Gasteiger partial charge is 0.305 e. The van der Waals surface area contributed by atoms with Crippen molar-refractivity contribution in [1.82, 2.24) is 0 Å². The summed E-state index contributed by atoms with van der Waals surface area (Å²) in [4.78, 5) is 10.4. The van der Waals surface area contributed by atoms with Gasteiger partial charge in [0.25, 0.3) is 0 Å². The zero-order valence-corrected chi connectivity index (χ0v) is 16.3. The molecule has 0 aromatic rings. The lowest BCUT2D eigenvalue weighted by Gasteiger charge is -2.08. The van der Waals surface area contributed by atoms with Gasteiger partial charge < -0.3 is 10.2 Å². The van der Waals surface area contributed by atoms with Gasteiger partial charge in [-0.2, -0.15) is 0 Å². The van der Waals surface area contributed by atoms with Crippen LogP contribution in [-0.2, 0) is 4.79 Å². The first kappa shape index (κ1) is 23.4. The normalized spacial score (nSPS) is 13.8. The Bertz CT molecular complexity index is 278. The van der Waals surface area contributed by atoms with Crippen LogP contribution in [0.5, 0.6) is 0 Å². The molecule has 0 radical (unpaired) electrons. The van der Waals surface area contributed by atoms with E-state index in [2.05, 4.69) is 13.8 Å². The summed E-state index contributed by atoms with van der Waals surface area (Å²) in [6, 6.07) is 0. The van der Waals surface area contributed by atoms with Gasteiger partial charge >= 0.3 is 5.97 Å². The van der Waals surface area contributed by atoms with Crippen molar-refractivity contribution < 1.29 is 15.0 Å². The second-order valence-electron chi connectivity index (χ2n) is 7.59. The van der Waals surface area contributed by atoms with Gasteiger partial charge in [0.1, 0.15) is 0 Å². The van der Waals surface area contributed by atoms with Crippen molar-refractivity contribution in [1.29, 1.82) is 0 Å². The van der Waals surface area contributed by atoms with Crippen LogP contribution in [0.25, 0.3) is 0 Å². The summed E-state index contributed by atoms with van der Waals surface area (Å²) in [5, 5.41) is 18.0. The standard InChI is InChI=1S/C21H42O3/c1-3-19(2)16-14-12-10-8-6-4-5-7-9-11-13-15-17-20(22)18-21(23)24/h19-20,22H,3-18H2,1-2H3,(H,23,24). The third-order valence-corrected chi connectivity index (χ3v) is 5.09. The van der Waals surface area contributed by atoms with Crippen molar-refractivity contribution in [3.8, 4) is 0 Å². The van der Waals surface area contributed by atoms with E-state index in [1.54, 1.807) is 0 Å². The fourth-order valence-electron chi connectivity index (χ4n) is 3.15. The molecule has 24 heavy (non-hydrogen) atoms. The van der Waals surface area contributed by atoms with Crippen molar-refractivity contribution in [2.75, 3.05) is 0 Å². The van der Waals surface area contributed by atoms with E-state index in [0.29, 0.717) is 6.42 Å². The molecule has 3 nitrogen and oxygen atoms in total.